The molecule has 1 atom stereocenters. The molecule has 0 saturated heterocycles. The van der Waals surface area contributed by atoms with Gasteiger partial charge in [0.15, 0.2) is 0 Å². The SMILES string of the molecule is CCCCCN(CCO)C(=O)NC1C=CCCC1. The lowest BCUT2D eigenvalue weighted by Gasteiger charge is -2.26. The van der Waals surface area contributed by atoms with Gasteiger partial charge in [-0.1, -0.05) is 31.9 Å². The van der Waals surface area contributed by atoms with E-state index in [0.717, 1.165) is 45.1 Å². The van der Waals surface area contributed by atoms with Crippen LogP contribution in [0.15, 0.2) is 12.2 Å². The highest BCUT2D eigenvalue weighted by Gasteiger charge is 2.16. The summed E-state index contributed by atoms with van der Waals surface area (Å²) in [4.78, 5) is 13.8. The van der Waals surface area contributed by atoms with Gasteiger partial charge in [0, 0.05) is 19.1 Å². The minimum absolute atomic E-state index is 0.0278. The zero-order valence-corrected chi connectivity index (χ0v) is 11.4. The van der Waals surface area contributed by atoms with Crippen molar-refractivity contribution >= 4 is 6.03 Å². The monoisotopic (exact) mass is 254 g/mol. The van der Waals surface area contributed by atoms with Crippen LogP contribution < -0.4 is 5.32 Å². The Hall–Kier alpha value is -1.03. The molecular weight excluding hydrogens is 228 g/mol. The Morgan fingerprint density at radius 3 is 2.89 bits per heavy atom. The molecule has 0 radical (unpaired) electrons. The zero-order chi connectivity index (χ0) is 13.2. The second-order valence-electron chi connectivity index (χ2n) is 4.83. The number of rotatable bonds is 7. The predicted octanol–water partition coefficient (Wildman–Crippen LogP) is 2.29. The van der Waals surface area contributed by atoms with E-state index < -0.39 is 0 Å². The molecule has 0 aliphatic heterocycles. The van der Waals surface area contributed by atoms with Gasteiger partial charge in [0.1, 0.15) is 0 Å². The number of allylic oxidation sites excluding steroid dienone is 1. The summed E-state index contributed by atoms with van der Waals surface area (Å²) in [7, 11) is 0. The summed E-state index contributed by atoms with van der Waals surface area (Å²) in [5.41, 5.74) is 0. The van der Waals surface area contributed by atoms with Gasteiger partial charge in [-0.15, -0.1) is 0 Å². The van der Waals surface area contributed by atoms with Gasteiger partial charge in [-0.3, -0.25) is 0 Å². The lowest BCUT2D eigenvalue weighted by Crippen LogP contribution is -2.46. The van der Waals surface area contributed by atoms with Crippen LogP contribution in [-0.2, 0) is 0 Å². The van der Waals surface area contributed by atoms with Crippen LogP contribution in [0.3, 0.4) is 0 Å². The van der Waals surface area contributed by atoms with Crippen LogP contribution in [0.5, 0.6) is 0 Å². The summed E-state index contributed by atoms with van der Waals surface area (Å²) >= 11 is 0. The van der Waals surface area contributed by atoms with E-state index in [-0.39, 0.29) is 18.7 Å². The lowest BCUT2D eigenvalue weighted by molar-refractivity contribution is 0.173. The number of nitrogens with one attached hydrogen (secondary N) is 1. The summed E-state index contributed by atoms with van der Waals surface area (Å²) in [5.74, 6) is 0. The Balaban J connectivity index is 2.37. The average molecular weight is 254 g/mol. The molecule has 2 N–H and O–H groups in total. The highest BCUT2D eigenvalue weighted by atomic mass is 16.3. The van der Waals surface area contributed by atoms with Gasteiger partial charge in [0.25, 0.3) is 0 Å². The van der Waals surface area contributed by atoms with Crippen molar-refractivity contribution < 1.29 is 9.90 Å². The van der Waals surface area contributed by atoms with Crippen molar-refractivity contribution in [3.05, 3.63) is 12.2 Å². The van der Waals surface area contributed by atoms with Gasteiger partial charge in [0.05, 0.1) is 6.61 Å². The Labute approximate surface area is 110 Å². The van der Waals surface area contributed by atoms with E-state index in [9.17, 15) is 4.79 Å². The first kappa shape index (κ1) is 15.0. The van der Waals surface area contributed by atoms with Crippen molar-refractivity contribution in [1.82, 2.24) is 10.2 Å². The van der Waals surface area contributed by atoms with Gasteiger partial charge in [-0.05, 0) is 25.7 Å². The molecule has 1 aliphatic carbocycles. The fourth-order valence-electron chi connectivity index (χ4n) is 2.17. The molecule has 4 nitrogen and oxygen atoms in total. The fraction of sp³-hybridized carbons (Fsp3) is 0.786. The maximum Gasteiger partial charge on any atom is 0.317 e. The third-order valence-electron chi connectivity index (χ3n) is 3.25. The Kier molecular flexibility index (Phi) is 7.49. The molecule has 1 aliphatic rings. The van der Waals surface area contributed by atoms with Gasteiger partial charge in [-0.25, -0.2) is 4.79 Å². The number of aliphatic hydroxyl groups excluding tert-OH is 1. The molecule has 4 heteroatoms. The first-order valence-electron chi connectivity index (χ1n) is 7.11. The molecule has 0 fully saturated rings. The smallest absolute Gasteiger partial charge is 0.317 e. The van der Waals surface area contributed by atoms with Crippen LogP contribution in [0.25, 0.3) is 0 Å². The minimum Gasteiger partial charge on any atom is -0.395 e. The third kappa shape index (κ3) is 5.54. The topological polar surface area (TPSA) is 52.6 Å². The number of aliphatic hydroxyl groups is 1. The molecular formula is C14H26N2O2. The predicted molar refractivity (Wildman–Crippen MR) is 73.5 cm³/mol. The molecule has 0 saturated carbocycles. The number of amides is 2. The Morgan fingerprint density at radius 1 is 1.44 bits per heavy atom. The van der Waals surface area contributed by atoms with E-state index in [1.165, 1.54) is 0 Å². The molecule has 2 amide bonds. The van der Waals surface area contributed by atoms with Gasteiger partial charge < -0.3 is 15.3 Å². The largest absolute Gasteiger partial charge is 0.395 e. The van der Waals surface area contributed by atoms with Gasteiger partial charge >= 0.3 is 6.03 Å². The van der Waals surface area contributed by atoms with E-state index in [1.807, 2.05) is 0 Å². The van der Waals surface area contributed by atoms with Crippen LogP contribution in [0, 0.1) is 0 Å². The molecule has 0 aromatic carbocycles. The highest BCUT2D eigenvalue weighted by Crippen LogP contribution is 2.10. The molecule has 18 heavy (non-hydrogen) atoms. The quantitative estimate of drug-likeness (QED) is 0.541. The normalized spacial score (nSPS) is 18.7. The maximum atomic E-state index is 12.1. The second kappa shape index (κ2) is 8.97. The first-order chi connectivity index (χ1) is 8.77. The van der Waals surface area contributed by atoms with Crippen molar-refractivity contribution in [2.24, 2.45) is 0 Å². The number of hydrogen-bond donors (Lipinski definition) is 2. The number of carbonyl (C=O) groups is 1. The van der Waals surface area contributed by atoms with Crippen LogP contribution in [-0.4, -0.2) is 41.8 Å². The van der Waals surface area contributed by atoms with Crippen molar-refractivity contribution in [2.75, 3.05) is 19.7 Å². The zero-order valence-electron chi connectivity index (χ0n) is 11.4. The molecule has 0 aromatic heterocycles. The fourth-order valence-corrected chi connectivity index (χ4v) is 2.17. The van der Waals surface area contributed by atoms with E-state index in [1.54, 1.807) is 4.90 Å². The van der Waals surface area contributed by atoms with E-state index in [2.05, 4.69) is 24.4 Å². The third-order valence-corrected chi connectivity index (χ3v) is 3.25. The van der Waals surface area contributed by atoms with Crippen LogP contribution in [0.2, 0.25) is 0 Å². The van der Waals surface area contributed by atoms with Gasteiger partial charge in [-0.2, -0.15) is 0 Å². The van der Waals surface area contributed by atoms with Crippen LogP contribution in [0.1, 0.15) is 45.4 Å². The Morgan fingerprint density at radius 2 is 2.28 bits per heavy atom. The molecule has 1 rings (SSSR count). The maximum absolute atomic E-state index is 12.1. The summed E-state index contributed by atoms with van der Waals surface area (Å²) in [6.45, 7) is 3.33. The lowest BCUT2D eigenvalue weighted by atomic mass is 10.0. The summed E-state index contributed by atoms with van der Waals surface area (Å²) in [6, 6.07) is 0.121. The van der Waals surface area contributed by atoms with Gasteiger partial charge in [0.2, 0.25) is 0 Å². The van der Waals surface area contributed by atoms with Crippen molar-refractivity contribution in [2.45, 2.75) is 51.5 Å². The molecule has 1 unspecified atom stereocenters. The van der Waals surface area contributed by atoms with Crippen molar-refractivity contribution in [3.63, 3.8) is 0 Å². The summed E-state index contributed by atoms with van der Waals surface area (Å²) in [5, 5.41) is 12.0. The molecule has 104 valence electrons. The summed E-state index contributed by atoms with van der Waals surface area (Å²) < 4.78 is 0. The number of hydrogen-bond acceptors (Lipinski definition) is 2. The van der Waals surface area contributed by atoms with E-state index >= 15 is 0 Å². The molecule has 0 aromatic rings. The van der Waals surface area contributed by atoms with E-state index in [4.69, 9.17) is 5.11 Å². The molecule has 0 bridgehead atoms. The average Bonchev–Trinajstić information content (AvgIpc) is 2.39. The summed E-state index contributed by atoms with van der Waals surface area (Å²) in [6.07, 6.45) is 10.7. The van der Waals surface area contributed by atoms with Crippen molar-refractivity contribution in [1.29, 1.82) is 0 Å². The molecule has 0 spiro atoms. The number of urea groups is 1. The number of carbonyl (C=O) groups excluding carboxylic acids is 1. The molecule has 0 heterocycles. The van der Waals surface area contributed by atoms with E-state index in [0.29, 0.717) is 6.54 Å². The minimum atomic E-state index is -0.0447. The highest BCUT2D eigenvalue weighted by molar-refractivity contribution is 5.74. The standard InChI is InChI=1S/C14H26N2O2/c1-2-3-7-10-16(11-12-17)14(18)15-13-8-5-4-6-9-13/h5,8,13,17H,2-4,6-7,9-12H2,1H3,(H,15,18). The van der Waals surface area contributed by atoms with Crippen LogP contribution in [0.4, 0.5) is 4.79 Å². The van der Waals surface area contributed by atoms with Crippen molar-refractivity contribution in [3.8, 4) is 0 Å². The first-order valence-corrected chi connectivity index (χ1v) is 7.11. The Bertz CT molecular complexity index is 267. The number of nitrogens with zero attached hydrogens (tertiary/aromatic N) is 1. The second-order valence-corrected chi connectivity index (χ2v) is 4.83. The van der Waals surface area contributed by atoms with Crippen LogP contribution >= 0.6 is 0 Å². The number of unbranched alkanes of at least 4 members (excludes halogenated alkanes) is 2.